The number of hydrogen-bond donors (Lipinski definition) is 0. The van der Waals surface area contributed by atoms with Gasteiger partial charge in [-0.25, -0.2) is 4.98 Å². The molecule has 0 spiro atoms. The van der Waals surface area contributed by atoms with E-state index in [0.717, 1.165) is 24.8 Å². The predicted molar refractivity (Wildman–Crippen MR) is 126 cm³/mol. The van der Waals surface area contributed by atoms with Crippen molar-refractivity contribution in [1.29, 1.82) is 0 Å². The first-order chi connectivity index (χ1) is 15.1. The molecule has 1 heterocycles. The number of fused-ring (bicyclic) bond motifs is 1. The molecule has 0 aliphatic heterocycles. The lowest BCUT2D eigenvalue weighted by Crippen LogP contribution is -2.38. The molecule has 164 valence electrons. The molecule has 0 bridgehead atoms. The molecule has 1 amide bonds. The number of hydrogen-bond acceptors (Lipinski definition) is 3. The van der Waals surface area contributed by atoms with Crippen LogP contribution >= 0.6 is 0 Å². The van der Waals surface area contributed by atoms with Crippen LogP contribution in [0.15, 0.2) is 59.4 Å². The standard InChI is InChI=1S/C26H33N3O2/c1-4-7-9-18-24(30)29(19-20-14-10-8-11-15-20)23(5-2)25-27-22-17-13-12-16-21(22)26(31)28(25)6-3/h8,10-17,23H,4-7,9,18-19H2,1-3H3. The minimum atomic E-state index is -0.258. The minimum absolute atomic E-state index is 0.0420. The van der Waals surface area contributed by atoms with E-state index in [1.165, 1.54) is 0 Å². The maximum Gasteiger partial charge on any atom is 0.261 e. The molecule has 1 unspecified atom stereocenters. The number of unbranched alkanes of at least 4 members (excludes halogenated alkanes) is 2. The molecule has 0 fully saturated rings. The summed E-state index contributed by atoms with van der Waals surface area (Å²) in [6.45, 7) is 7.18. The van der Waals surface area contributed by atoms with Gasteiger partial charge in [0.05, 0.1) is 16.9 Å². The van der Waals surface area contributed by atoms with E-state index in [9.17, 15) is 9.59 Å². The summed E-state index contributed by atoms with van der Waals surface area (Å²) >= 11 is 0. The molecule has 0 saturated carbocycles. The molecule has 3 aromatic rings. The van der Waals surface area contributed by atoms with Crippen molar-refractivity contribution in [2.45, 2.75) is 72.0 Å². The maximum absolute atomic E-state index is 13.4. The molecule has 2 aromatic carbocycles. The van der Waals surface area contributed by atoms with Crippen molar-refractivity contribution >= 4 is 16.8 Å². The summed E-state index contributed by atoms with van der Waals surface area (Å²) in [5.41, 5.74) is 1.72. The largest absolute Gasteiger partial charge is 0.328 e. The molecule has 3 rings (SSSR count). The van der Waals surface area contributed by atoms with Gasteiger partial charge in [0.25, 0.3) is 5.56 Å². The van der Waals surface area contributed by atoms with E-state index >= 15 is 0 Å². The van der Waals surface area contributed by atoms with Gasteiger partial charge in [-0.2, -0.15) is 0 Å². The van der Waals surface area contributed by atoms with Gasteiger partial charge in [-0.3, -0.25) is 14.2 Å². The van der Waals surface area contributed by atoms with Crippen LogP contribution in [-0.2, 0) is 17.9 Å². The zero-order valence-electron chi connectivity index (χ0n) is 18.9. The van der Waals surface area contributed by atoms with Crippen LogP contribution in [0.2, 0.25) is 0 Å². The summed E-state index contributed by atoms with van der Waals surface area (Å²) in [5.74, 6) is 0.794. The monoisotopic (exact) mass is 419 g/mol. The molecule has 0 radical (unpaired) electrons. The van der Waals surface area contributed by atoms with E-state index in [4.69, 9.17) is 4.98 Å². The first-order valence-electron chi connectivity index (χ1n) is 11.4. The summed E-state index contributed by atoms with van der Waals surface area (Å²) in [7, 11) is 0. The quantitative estimate of drug-likeness (QED) is 0.409. The van der Waals surface area contributed by atoms with Gasteiger partial charge >= 0.3 is 0 Å². The van der Waals surface area contributed by atoms with Gasteiger partial charge in [0.1, 0.15) is 5.82 Å². The van der Waals surface area contributed by atoms with Crippen molar-refractivity contribution in [3.63, 3.8) is 0 Å². The SMILES string of the molecule is CCCCCC(=O)N(Cc1ccccc1)C(CC)c1nc2ccccc2c(=O)n1CC. The zero-order chi connectivity index (χ0) is 22.2. The Morgan fingerprint density at radius 3 is 2.39 bits per heavy atom. The third kappa shape index (κ3) is 5.22. The van der Waals surface area contributed by atoms with Crippen molar-refractivity contribution in [1.82, 2.24) is 14.5 Å². The molecule has 0 N–H and O–H groups in total. The highest BCUT2D eigenvalue weighted by molar-refractivity contribution is 5.78. The second-order valence-electron chi connectivity index (χ2n) is 7.92. The normalized spacial score (nSPS) is 12.1. The summed E-state index contributed by atoms with van der Waals surface area (Å²) < 4.78 is 1.73. The summed E-state index contributed by atoms with van der Waals surface area (Å²) in [4.78, 5) is 33.3. The van der Waals surface area contributed by atoms with Crippen molar-refractivity contribution in [2.24, 2.45) is 0 Å². The number of carbonyl (C=O) groups excluding carboxylic acids is 1. The van der Waals surface area contributed by atoms with Crippen molar-refractivity contribution in [2.75, 3.05) is 0 Å². The van der Waals surface area contributed by atoms with Crippen LogP contribution in [0.5, 0.6) is 0 Å². The molecule has 1 aromatic heterocycles. The van der Waals surface area contributed by atoms with Gasteiger partial charge in [-0.15, -0.1) is 0 Å². The van der Waals surface area contributed by atoms with E-state index in [2.05, 4.69) is 13.8 Å². The molecule has 5 nitrogen and oxygen atoms in total. The highest BCUT2D eigenvalue weighted by Gasteiger charge is 2.28. The fraction of sp³-hybridized carbons (Fsp3) is 0.423. The molecule has 0 aliphatic rings. The van der Waals surface area contributed by atoms with Crippen molar-refractivity contribution < 1.29 is 4.79 Å². The van der Waals surface area contributed by atoms with Gasteiger partial charge in [0.2, 0.25) is 5.91 Å². The second kappa shape index (κ2) is 10.9. The van der Waals surface area contributed by atoms with Crippen LogP contribution in [0.1, 0.15) is 70.3 Å². The zero-order valence-corrected chi connectivity index (χ0v) is 18.9. The lowest BCUT2D eigenvalue weighted by molar-refractivity contribution is -0.135. The van der Waals surface area contributed by atoms with Crippen LogP contribution in [-0.4, -0.2) is 20.4 Å². The average molecular weight is 420 g/mol. The lowest BCUT2D eigenvalue weighted by Gasteiger charge is -2.32. The van der Waals surface area contributed by atoms with Crippen LogP contribution in [0.25, 0.3) is 10.9 Å². The number of benzene rings is 2. The first-order valence-corrected chi connectivity index (χ1v) is 11.4. The number of rotatable bonds is 10. The van der Waals surface area contributed by atoms with E-state index < -0.39 is 0 Å². The van der Waals surface area contributed by atoms with Crippen LogP contribution in [0.3, 0.4) is 0 Å². The van der Waals surface area contributed by atoms with Gasteiger partial charge in [-0.1, -0.05) is 69.2 Å². The molecule has 0 saturated heterocycles. The first kappa shape index (κ1) is 22.7. The third-order valence-corrected chi connectivity index (χ3v) is 5.78. The van der Waals surface area contributed by atoms with Gasteiger partial charge in [-0.05, 0) is 37.5 Å². The number of para-hydroxylation sites is 1. The van der Waals surface area contributed by atoms with Crippen LogP contribution in [0.4, 0.5) is 0 Å². The lowest BCUT2D eigenvalue weighted by atomic mass is 10.1. The number of nitrogens with zero attached hydrogens (tertiary/aromatic N) is 3. The Kier molecular flexibility index (Phi) is 7.99. The molecule has 31 heavy (non-hydrogen) atoms. The predicted octanol–water partition coefficient (Wildman–Crippen LogP) is 5.48. The van der Waals surface area contributed by atoms with E-state index in [0.29, 0.717) is 42.7 Å². The summed E-state index contributed by atoms with van der Waals surface area (Å²) in [5, 5.41) is 0.617. The van der Waals surface area contributed by atoms with E-state index in [-0.39, 0.29) is 17.5 Å². The Hall–Kier alpha value is -2.95. The second-order valence-corrected chi connectivity index (χ2v) is 7.92. The number of aromatic nitrogens is 2. The van der Waals surface area contributed by atoms with Gasteiger partial charge in [0.15, 0.2) is 0 Å². The van der Waals surface area contributed by atoms with E-state index in [1.54, 1.807) is 4.57 Å². The van der Waals surface area contributed by atoms with Crippen molar-refractivity contribution in [3.8, 4) is 0 Å². The molecular formula is C26H33N3O2. The highest BCUT2D eigenvalue weighted by Crippen LogP contribution is 2.27. The summed E-state index contributed by atoms with van der Waals surface area (Å²) in [6.07, 6.45) is 4.20. The summed E-state index contributed by atoms with van der Waals surface area (Å²) in [6, 6.07) is 17.2. The molecule has 0 aliphatic carbocycles. The van der Waals surface area contributed by atoms with Crippen molar-refractivity contribution in [3.05, 3.63) is 76.3 Å². The van der Waals surface area contributed by atoms with Gasteiger partial charge in [0, 0.05) is 19.5 Å². The highest BCUT2D eigenvalue weighted by atomic mass is 16.2. The Labute approximate surface area is 184 Å². The topological polar surface area (TPSA) is 55.2 Å². The van der Waals surface area contributed by atoms with Crippen LogP contribution in [0, 0.1) is 0 Å². The fourth-order valence-corrected chi connectivity index (χ4v) is 4.11. The molecule has 1 atom stereocenters. The van der Waals surface area contributed by atoms with Gasteiger partial charge < -0.3 is 4.90 Å². The fourth-order valence-electron chi connectivity index (χ4n) is 4.11. The third-order valence-electron chi connectivity index (χ3n) is 5.78. The van der Waals surface area contributed by atoms with E-state index in [1.807, 2.05) is 66.4 Å². The average Bonchev–Trinajstić information content (AvgIpc) is 2.80. The minimum Gasteiger partial charge on any atom is -0.328 e. The maximum atomic E-state index is 13.4. The molecule has 5 heteroatoms. The Balaban J connectivity index is 2.07. The Morgan fingerprint density at radius 2 is 1.71 bits per heavy atom. The smallest absolute Gasteiger partial charge is 0.261 e. The number of amides is 1. The Bertz CT molecular complexity index is 1060. The number of carbonyl (C=O) groups is 1. The molecular weight excluding hydrogens is 386 g/mol. The Morgan fingerprint density at radius 1 is 1.00 bits per heavy atom. The van der Waals surface area contributed by atoms with Crippen LogP contribution < -0.4 is 5.56 Å².